The standard InChI is InChI=1S/C24H26N4O5S/c1-19-8-10-20(11-9-19)12-13-34(31,32)26-15-24(30)33-18-23(29)27(2)16-21-14-25-28(17-21)22-6-4-3-5-7-22/h3-14,17,26H,15-16,18H2,1-2H3/b13-12+. The zero-order valence-electron chi connectivity index (χ0n) is 18.9. The van der Waals surface area contributed by atoms with Crippen LogP contribution in [0.5, 0.6) is 0 Å². The first-order valence-corrected chi connectivity index (χ1v) is 12.0. The van der Waals surface area contributed by atoms with Gasteiger partial charge >= 0.3 is 5.97 Å². The van der Waals surface area contributed by atoms with Gasteiger partial charge in [-0.05, 0) is 30.7 Å². The van der Waals surface area contributed by atoms with Gasteiger partial charge in [0.05, 0.1) is 11.9 Å². The second-order valence-electron chi connectivity index (χ2n) is 7.62. The number of hydrogen-bond donors (Lipinski definition) is 1. The van der Waals surface area contributed by atoms with E-state index in [4.69, 9.17) is 4.74 Å². The molecule has 0 atom stereocenters. The van der Waals surface area contributed by atoms with E-state index in [9.17, 15) is 18.0 Å². The molecule has 0 aliphatic carbocycles. The zero-order valence-corrected chi connectivity index (χ0v) is 19.7. The van der Waals surface area contributed by atoms with Gasteiger partial charge in [-0.15, -0.1) is 0 Å². The fourth-order valence-corrected chi connectivity index (χ4v) is 3.63. The molecule has 178 valence electrons. The number of amides is 1. The SMILES string of the molecule is Cc1ccc(/C=C/S(=O)(=O)NCC(=O)OCC(=O)N(C)Cc2cnn(-c3ccccc3)c2)cc1. The number of likely N-dealkylation sites (N-methyl/N-ethyl adjacent to an activating group) is 1. The summed E-state index contributed by atoms with van der Waals surface area (Å²) in [6.45, 7) is 1.13. The molecule has 0 spiro atoms. The van der Waals surface area contributed by atoms with Crippen LogP contribution in [0.1, 0.15) is 16.7 Å². The van der Waals surface area contributed by atoms with E-state index in [0.29, 0.717) is 5.56 Å². The van der Waals surface area contributed by atoms with Crippen molar-refractivity contribution in [2.45, 2.75) is 13.5 Å². The maximum Gasteiger partial charge on any atom is 0.321 e. The highest BCUT2D eigenvalue weighted by molar-refractivity contribution is 7.92. The smallest absolute Gasteiger partial charge is 0.321 e. The van der Waals surface area contributed by atoms with Crippen molar-refractivity contribution in [3.05, 3.63) is 89.1 Å². The Kier molecular flexibility index (Phi) is 8.34. The second kappa shape index (κ2) is 11.4. The number of aryl methyl sites for hydroxylation is 1. The number of ether oxygens (including phenoxy) is 1. The number of benzene rings is 2. The molecule has 2 aromatic carbocycles. The molecule has 0 radical (unpaired) electrons. The summed E-state index contributed by atoms with van der Waals surface area (Å²) in [5.41, 5.74) is 3.47. The summed E-state index contributed by atoms with van der Waals surface area (Å²) in [6, 6.07) is 16.8. The van der Waals surface area contributed by atoms with Crippen LogP contribution in [-0.4, -0.2) is 55.2 Å². The Morgan fingerprint density at radius 2 is 1.82 bits per heavy atom. The van der Waals surface area contributed by atoms with Crippen molar-refractivity contribution in [3.8, 4) is 5.69 Å². The predicted octanol–water partition coefficient (Wildman–Crippen LogP) is 2.27. The van der Waals surface area contributed by atoms with Gasteiger partial charge in [-0.25, -0.2) is 17.8 Å². The van der Waals surface area contributed by atoms with E-state index >= 15 is 0 Å². The molecular formula is C24H26N4O5S. The van der Waals surface area contributed by atoms with Gasteiger partial charge in [0.15, 0.2) is 6.61 Å². The number of nitrogens with one attached hydrogen (secondary N) is 1. The Morgan fingerprint density at radius 3 is 2.53 bits per heavy atom. The molecule has 0 bridgehead atoms. The molecule has 9 nitrogen and oxygen atoms in total. The minimum Gasteiger partial charge on any atom is -0.455 e. The molecular weight excluding hydrogens is 456 g/mol. The van der Waals surface area contributed by atoms with E-state index in [1.165, 1.54) is 11.0 Å². The summed E-state index contributed by atoms with van der Waals surface area (Å²) in [7, 11) is -2.26. The van der Waals surface area contributed by atoms with Crippen LogP contribution in [0.3, 0.4) is 0 Å². The van der Waals surface area contributed by atoms with Crippen LogP contribution in [0.2, 0.25) is 0 Å². The number of carbonyl (C=O) groups is 2. The van der Waals surface area contributed by atoms with E-state index < -0.39 is 35.1 Å². The molecule has 1 amide bonds. The maximum absolute atomic E-state index is 12.3. The average molecular weight is 483 g/mol. The van der Waals surface area contributed by atoms with Crippen LogP contribution in [-0.2, 0) is 30.9 Å². The lowest BCUT2D eigenvalue weighted by molar-refractivity contribution is -0.150. The third-order valence-electron chi connectivity index (χ3n) is 4.79. The molecule has 10 heteroatoms. The summed E-state index contributed by atoms with van der Waals surface area (Å²) in [5.74, 6) is -1.28. The topological polar surface area (TPSA) is 111 Å². The summed E-state index contributed by atoms with van der Waals surface area (Å²) >= 11 is 0. The van der Waals surface area contributed by atoms with Crippen molar-refractivity contribution in [2.24, 2.45) is 0 Å². The monoisotopic (exact) mass is 482 g/mol. The van der Waals surface area contributed by atoms with Crippen molar-refractivity contribution in [2.75, 3.05) is 20.2 Å². The van der Waals surface area contributed by atoms with E-state index in [-0.39, 0.29) is 6.54 Å². The van der Waals surface area contributed by atoms with E-state index in [1.807, 2.05) is 55.6 Å². The molecule has 1 heterocycles. The van der Waals surface area contributed by atoms with Crippen LogP contribution >= 0.6 is 0 Å². The van der Waals surface area contributed by atoms with Gasteiger partial charge in [0.2, 0.25) is 10.0 Å². The lowest BCUT2D eigenvalue weighted by atomic mass is 10.2. The highest BCUT2D eigenvalue weighted by Gasteiger charge is 2.15. The number of sulfonamides is 1. The normalized spacial score (nSPS) is 11.5. The van der Waals surface area contributed by atoms with Gasteiger partial charge in [0, 0.05) is 30.8 Å². The number of esters is 1. The second-order valence-corrected chi connectivity index (χ2v) is 9.27. The van der Waals surface area contributed by atoms with Crippen LogP contribution < -0.4 is 4.72 Å². The Hall–Kier alpha value is -3.76. The highest BCUT2D eigenvalue weighted by atomic mass is 32.2. The fraction of sp³-hybridized carbons (Fsp3) is 0.208. The lowest BCUT2D eigenvalue weighted by Gasteiger charge is -2.16. The number of rotatable bonds is 10. The van der Waals surface area contributed by atoms with E-state index in [2.05, 4.69) is 9.82 Å². The molecule has 0 fully saturated rings. The maximum atomic E-state index is 12.3. The van der Waals surface area contributed by atoms with Gasteiger partial charge in [-0.1, -0.05) is 48.0 Å². The fourth-order valence-electron chi connectivity index (χ4n) is 2.88. The quantitative estimate of drug-likeness (QED) is 0.444. The van der Waals surface area contributed by atoms with Gasteiger partial charge in [-0.2, -0.15) is 5.10 Å². The Morgan fingerprint density at radius 1 is 1.12 bits per heavy atom. The van der Waals surface area contributed by atoms with Gasteiger partial charge in [0.25, 0.3) is 5.91 Å². The van der Waals surface area contributed by atoms with Crippen LogP contribution in [0.25, 0.3) is 11.8 Å². The molecule has 0 aliphatic heterocycles. The zero-order chi connectivity index (χ0) is 24.6. The number of aromatic nitrogens is 2. The summed E-state index contributed by atoms with van der Waals surface area (Å²) in [4.78, 5) is 25.6. The highest BCUT2D eigenvalue weighted by Crippen LogP contribution is 2.09. The predicted molar refractivity (Wildman–Crippen MR) is 128 cm³/mol. The van der Waals surface area contributed by atoms with Crippen molar-refractivity contribution >= 4 is 28.0 Å². The molecule has 0 unspecified atom stereocenters. The van der Waals surface area contributed by atoms with Gasteiger partial charge in [0.1, 0.15) is 6.54 Å². The molecule has 1 aromatic heterocycles. The van der Waals surface area contributed by atoms with Gasteiger partial charge in [-0.3, -0.25) is 9.59 Å². The molecule has 34 heavy (non-hydrogen) atoms. The molecule has 0 aliphatic rings. The first kappa shape index (κ1) is 24.9. The largest absolute Gasteiger partial charge is 0.455 e. The molecule has 3 aromatic rings. The molecule has 3 rings (SSSR count). The number of nitrogens with zero attached hydrogens (tertiary/aromatic N) is 3. The van der Waals surface area contributed by atoms with E-state index in [1.54, 1.807) is 30.1 Å². The summed E-state index contributed by atoms with van der Waals surface area (Å²) in [6.07, 6.45) is 4.89. The van der Waals surface area contributed by atoms with Crippen molar-refractivity contribution in [1.82, 2.24) is 19.4 Å². The van der Waals surface area contributed by atoms with Crippen LogP contribution in [0, 0.1) is 6.92 Å². The Balaban J connectivity index is 1.42. The molecule has 0 saturated heterocycles. The van der Waals surface area contributed by atoms with Gasteiger partial charge < -0.3 is 9.64 Å². The number of hydrogen-bond acceptors (Lipinski definition) is 6. The van der Waals surface area contributed by atoms with Crippen molar-refractivity contribution in [1.29, 1.82) is 0 Å². The van der Waals surface area contributed by atoms with Crippen molar-refractivity contribution < 1.29 is 22.7 Å². The number of para-hydroxylation sites is 1. The van der Waals surface area contributed by atoms with Crippen molar-refractivity contribution in [3.63, 3.8) is 0 Å². The molecule has 0 saturated carbocycles. The third kappa shape index (κ3) is 7.68. The van der Waals surface area contributed by atoms with Crippen LogP contribution in [0.15, 0.2) is 72.4 Å². The minimum absolute atomic E-state index is 0.277. The molecule has 1 N–H and O–H groups in total. The van der Waals surface area contributed by atoms with E-state index in [0.717, 1.165) is 22.2 Å². The number of carbonyl (C=O) groups excluding carboxylic acids is 2. The average Bonchev–Trinajstić information content (AvgIpc) is 3.30. The third-order valence-corrected chi connectivity index (χ3v) is 5.83. The summed E-state index contributed by atoms with van der Waals surface area (Å²) in [5, 5.41) is 5.25. The summed E-state index contributed by atoms with van der Waals surface area (Å²) < 4.78 is 32.8. The lowest BCUT2D eigenvalue weighted by Crippen LogP contribution is -2.34. The first-order valence-electron chi connectivity index (χ1n) is 10.4. The first-order chi connectivity index (χ1) is 16.2. The Labute approximate surface area is 198 Å². The van der Waals surface area contributed by atoms with Crippen LogP contribution in [0.4, 0.5) is 0 Å². The Bertz CT molecular complexity index is 1250. The minimum atomic E-state index is -3.84.